The molecule has 1 aliphatic rings. The molecule has 2 rings (SSSR count). The zero-order valence-electron chi connectivity index (χ0n) is 11.5. The van der Waals surface area contributed by atoms with E-state index in [0.717, 1.165) is 37.4 Å². The summed E-state index contributed by atoms with van der Waals surface area (Å²) in [4.78, 5) is 18.4. The van der Waals surface area contributed by atoms with Crippen molar-refractivity contribution in [1.82, 2.24) is 10.3 Å². The van der Waals surface area contributed by atoms with Gasteiger partial charge in [-0.05, 0) is 31.4 Å². The van der Waals surface area contributed by atoms with E-state index in [2.05, 4.69) is 27.4 Å². The van der Waals surface area contributed by atoms with Crippen LogP contribution >= 0.6 is 0 Å². The average Bonchev–Trinajstić information content (AvgIpc) is 2.93. The predicted molar refractivity (Wildman–Crippen MR) is 77.6 cm³/mol. The molecule has 0 atom stereocenters. The third-order valence-electron chi connectivity index (χ3n) is 3.26. The van der Waals surface area contributed by atoms with E-state index < -0.39 is 0 Å². The molecule has 19 heavy (non-hydrogen) atoms. The molecule has 0 radical (unpaired) electrons. The molecule has 1 fully saturated rings. The van der Waals surface area contributed by atoms with Crippen molar-refractivity contribution in [2.24, 2.45) is 0 Å². The van der Waals surface area contributed by atoms with Gasteiger partial charge in [0.25, 0.3) is 0 Å². The summed E-state index contributed by atoms with van der Waals surface area (Å²) in [6.45, 7) is 4.85. The van der Waals surface area contributed by atoms with E-state index in [-0.39, 0.29) is 6.03 Å². The Balaban J connectivity index is 1.97. The number of nitrogens with zero attached hydrogens (tertiary/aromatic N) is 2. The fraction of sp³-hybridized carbons (Fsp3) is 0.571. The molecule has 1 aliphatic heterocycles. The first kappa shape index (κ1) is 13.6. The number of aromatic nitrogens is 1. The molecule has 0 aliphatic carbocycles. The van der Waals surface area contributed by atoms with Crippen LogP contribution in [-0.2, 0) is 0 Å². The van der Waals surface area contributed by atoms with E-state index in [0.29, 0.717) is 6.54 Å². The topological polar surface area (TPSA) is 57.3 Å². The van der Waals surface area contributed by atoms with Gasteiger partial charge in [-0.1, -0.05) is 13.3 Å². The number of hydrogen-bond acceptors (Lipinski definition) is 3. The Bertz CT molecular complexity index is 416. The molecule has 2 heterocycles. The van der Waals surface area contributed by atoms with E-state index >= 15 is 0 Å². The zero-order valence-corrected chi connectivity index (χ0v) is 11.5. The van der Waals surface area contributed by atoms with E-state index in [1.165, 1.54) is 12.8 Å². The third kappa shape index (κ3) is 3.84. The molecule has 0 bridgehead atoms. The van der Waals surface area contributed by atoms with Crippen molar-refractivity contribution in [3.8, 4) is 0 Å². The lowest BCUT2D eigenvalue weighted by Crippen LogP contribution is -2.30. The van der Waals surface area contributed by atoms with E-state index in [1.54, 1.807) is 6.20 Å². The standard InChI is InChI=1S/C14H22N4O/c1-2-3-8-16-14(19)17-12-7-6-9-15-13(12)18-10-4-5-11-18/h6-7,9H,2-5,8,10-11H2,1H3,(H2,16,17,19). The minimum absolute atomic E-state index is 0.151. The second-order valence-corrected chi connectivity index (χ2v) is 4.80. The van der Waals surface area contributed by atoms with Gasteiger partial charge in [0.2, 0.25) is 0 Å². The van der Waals surface area contributed by atoms with Gasteiger partial charge >= 0.3 is 6.03 Å². The Morgan fingerprint density at radius 3 is 2.95 bits per heavy atom. The van der Waals surface area contributed by atoms with E-state index in [1.807, 2.05) is 12.1 Å². The number of urea groups is 1. The summed E-state index contributed by atoms with van der Waals surface area (Å²) in [5.74, 6) is 0.880. The molecule has 0 aromatic carbocycles. The Labute approximate surface area is 114 Å². The Morgan fingerprint density at radius 2 is 2.21 bits per heavy atom. The van der Waals surface area contributed by atoms with Gasteiger partial charge in [-0.25, -0.2) is 9.78 Å². The van der Waals surface area contributed by atoms with Gasteiger partial charge in [0.1, 0.15) is 0 Å². The number of amides is 2. The van der Waals surface area contributed by atoms with Crippen LogP contribution in [0.15, 0.2) is 18.3 Å². The van der Waals surface area contributed by atoms with Gasteiger partial charge in [0, 0.05) is 25.8 Å². The van der Waals surface area contributed by atoms with Gasteiger partial charge in [0.15, 0.2) is 5.82 Å². The first-order chi connectivity index (χ1) is 9.31. The summed E-state index contributed by atoms with van der Waals surface area (Å²) in [6.07, 6.45) is 6.23. The smallest absolute Gasteiger partial charge is 0.319 e. The summed E-state index contributed by atoms with van der Waals surface area (Å²) in [5, 5.41) is 5.75. The number of anilines is 2. The number of unbranched alkanes of at least 4 members (excludes halogenated alkanes) is 1. The number of rotatable bonds is 5. The van der Waals surface area contributed by atoms with Crippen LogP contribution in [0.2, 0.25) is 0 Å². The highest BCUT2D eigenvalue weighted by atomic mass is 16.2. The highest BCUT2D eigenvalue weighted by Crippen LogP contribution is 2.25. The summed E-state index contributed by atoms with van der Waals surface area (Å²) < 4.78 is 0. The monoisotopic (exact) mass is 262 g/mol. The molecule has 2 N–H and O–H groups in total. The molecule has 0 spiro atoms. The number of nitrogens with one attached hydrogen (secondary N) is 2. The maximum Gasteiger partial charge on any atom is 0.319 e. The minimum atomic E-state index is -0.151. The molecule has 0 saturated carbocycles. The molecule has 0 unspecified atom stereocenters. The summed E-state index contributed by atoms with van der Waals surface area (Å²) in [7, 11) is 0. The highest BCUT2D eigenvalue weighted by molar-refractivity contribution is 5.92. The molecule has 1 aromatic rings. The maximum absolute atomic E-state index is 11.8. The van der Waals surface area contributed by atoms with Gasteiger partial charge in [-0.3, -0.25) is 0 Å². The summed E-state index contributed by atoms with van der Waals surface area (Å²) in [6, 6.07) is 3.60. The SMILES string of the molecule is CCCCNC(=O)Nc1cccnc1N1CCCC1. The number of carbonyl (C=O) groups excluding carboxylic acids is 1. The second kappa shape index (κ2) is 6.97. The molecule has 104 valence electrons. The van der Waals surface area contributed by atoms with Crippen LogP contribution < -0.4 is 15.5 Å². The maximum atomic E-state index is 11.8. The van der Waals surface area contributed by atoms with Crippen LogP contribution in [0.4, 0.5) is 16.3 Å². The van der Waals surface area contributed by atoms with Crippen molar-refractivity contribution in [1.29, 1.82) is 0 Å². The minimum Gasteiger partial charge on any atom is -0.355 e. The first-order valence-corrected chi connectivity index (χ1v) is 7.06. The Kier molecular flexibility index (Phi) is 5.01. The summed E-state index contributed by atoms with van der Waals surface area (Å²) >= 11 is 0. The van der Waals surface area contributed by atoms with Crippen molar-refractivity contribution in [2.45, 2.75) is 32.6 Å². The van der Waals surface area contributed by atoms with Gasteiger partial charge < -0.3 is 15.5 Å². The molecule has 1 saturated heterocycles. The van der Waals surface area contributed by atoms with Crippen molar-refractivity contribution >= 4 is 17.5 Å². The normalized spacial score (nSPS) is 14.5. The number of carbonyl (C=O) groups is 1. The number of hydrogen-bond donors (Lipinski definition) is 2. The van der Waals surface area contributed by atoms with E-state index in [4.69, 9.17) is 0 Å². The molecular formula is C14H22N4O. The van der Waals surface area contributed by atoms with Crippen molar-refractivity contribution in [3.63, 3.8) is 0 Å². The number of pyridine rings is 1. The molecule has 1 aromatic heterocycles. The van der Waals surface area contributed by atoms with Gasteiger partial charge in [-0.15, -0.1) is 0 Å². The fourth-order valence-corrected chi connectivity index (χ4v) is 2.22. The lowest BCUT2D eigenvalue weighted by atomic mass is 10.3. The quantitative estimate of drug-likeness (QED) is 0.802. The van der Waals surface area contributed by atoms with E-state index in [9.17, 15) is 4.79 Å². The van der Waals surface area contributed by atoms with Crippen molar-refractivity contribution < 1.29 is 4.79 Å². The Hall–Kier alpha value is -1.78. The molecule has 5 nitrogen and oxygen atoms in total. The van der Waals surface area contributed by atoms with Crippen LogP contribution in [0.3, 0.4) is 0 Å². The van der Waals surface area contributed by atoms with Gasteiger partial charge in [0.05, 0.1) is 5.69 Å². The largest absolute Gasteiger partial charge is 0.355 e. The Morgan fingerprint density at radius 1 is 1.42 bits per heavy atom. The molecule has 5 heteroatoms. The first-order valence-electron chi connectivity index (χ1n) is 7.06. The predicted octanol–water partition coefficient (Wildman–Crippen LogP) is 2.60. The van der Waals surface area contributed by atoms with Crippen LogP contribution in [0, 0.1) is 0 Å². The highest BCUT2D eigenvalue weighted by Gasteiger charge is 2.17. The zero-order chi connectivity index (χ0) is 13.5. The second-order valence-electron chi connectivity index (χ2n) is 4.80. The lowest BCUT2D eigenvalue weighted by Gasteiger charge is -2.20. The van der Waals surface area contributed by atoms with Crippen LogP contribution in [0.5, 0.6) is 0 Å². The lowest BCUT2D eigenvalue weighted by molar-refractivity contribution is 0.252. The van der Waals surface area contributed by atoms with Crippen LogP contribution in [0.1, 0.15) is 32.6 Å². The van der Waals surface area contributed by atoms with Crippen molar-refractivity contribution in [3.05, 3.63) is 18.3 Å². The third-order valence-corrected chi connectivity index (χ3v) is 3.26. The van der Waals surface area contributed by atoms with Crippen molar-refractivity contribution in [2.75, 3.05) is 29.9 Å². The fourth-order valence-electron chi connectivity index (χ4n) is 2.22. The average molecular weight is 262 g/mol. The van der Waals surface area contributed by atoms with Crippen LogP contribution in [0.25, 0.3) is 0 Å². The van der Waals surface area contributed by atoms with Crippen LogP contribution in [-0.4, -0.2) is 30.6 Å². The molecule has 2 amide bonds. The summed E-state index contributed by atoms with van der Waals surface area (Å²) in [5.41, 5.74) is 0.790. The van der Waals surface area contributed by atoms with Gasteiger partial charge in [-0.2, -0.15) is 0 Å². The molecular weight excluding hydrogens is 240 g/mol.